The first kappa shape index (κ1) is 14.2. The average Bonchev–Trinajstić information content (AvgIpc) is 2.89. The zero-order chi connectivity index (χ0) is 14.6. The SMILES string of the molecule is O=C(O)CCCC(F)(F)c1cnn(-c2ccccc2)c1. The van der Waals surface area contributed by atoms with Gasteiger partial charge in [-0.25, -0.2) is 13.5 Å². The highest BCUT2D eigenvalue weighted by Gasteiger charge is 2.32. The van der Waals surface area contributed by atoms with Gasteiger partial charge < -0.3 is 5.11 Å². The number of nitrogens with zero attached hydrogens (tertiary/aromatic N) is 2. The van der Waals surface area contributed by atoms with E-state index in [1.807, 2.05) is 6.07 Å². The van der Waals surface area contributed by atoms with E-state index in [1.54, 1.807) is 24.3 Å². The standard InChI is InChI=1S/C14H14F2N2O2/c15-14(16,8-4-7-13(19)20)11-9-17-18(10-11)12-5-2-1-3-6-12/h1-3,5-6,9-10H,4,7-8H2,(H,19,20). The number of halogens is 2. The van der Waals surface area contributed by atoms with Crippen molar-refractivity contribution in [2.24, 2.45) is 0 Å². The predicted octanol–water partition coefficient (Wildman–Crippen LogP) is 3.22. The van der Waals surface area contributed by atoms with Crippen LogP contribution in [0.3, 0.4) is 0 Å². The van der Waals surface area contributed by atoms with Crippen LogP contribution in [0.4, 0.5) is 8.78 Å². The van der Waals surface area contributed by atoms with E-state index in [4.69, 9.17) is 5.11 Å². The van der Waals surface area contributed by atoms with E-state index in [1.165, 1.54) is 10.9 Å². The van der Waals surface area contributed by atoms with Gasteiger partial charge in [-0.15, -0.1) is 0 Å². The van der Waals surface area contributed by atoms with Crippen molar-refractivity contribution in [2.75, 3.05) is 0 Å². The van der Waals surface area contributed by atoms with Crippen LogP contribution in [0.15, 0.2) is 42.7 Å². The summed E-state index contributed by atoms with van der Waals surface area (Å²) in [4.78, 5) is 10.3. The van der Waals surface area contributed by atoms with Crippen LogP contribution in [0.2, 0.25) is 0 Å². The molecule has 0 saturated carbocycles. The molecule has 1 heterocycles. The maximum Gasteiger partial charge on any atom is 0.303 e. The van der Waals surface area contributed by atoms with Crippen LogP contribution in [0.25, 0.3) is 5.69 Å². The number of rotatable bonds is 6. The molecule has 0 atom stereocenters. The minimum atomic E-state index is -3.07. The Morgan fingerprint density at radius 2 is 2.00 bits per heavy atom. The number of hydrogen-bond donors (Lipinski definition) is 1. The number of benzene rings is 1. The van der Waals surface area contributed by atoms with E-state index in [2.05, 4.69) is 5.10 Å². The molecule has 0 unspecified atom stereocenters. The molecule has 1 N–H and O–H groups in total. The molecule has 0 aliphatic heterocycles. The summed E-state index contributed by atoms with van der Waals surface area (Å²) < 4.78 is 29.2. The Morgan fingerprint density at radius 1 is 1.30 bits per heavy atom. The molecule has 0 aliphatic carbocycles. The van der Waals surface area contributed by atoms with E-state index >= 15 is 0 Å². The summed E-state index contributed by atoms with van der Waals surface area (Å²) in [5, 5.41) is 12.4. The van der Waals surface area contributed by atoms with E-state index in [9.17, 15) is 13.6 Å². The van der Waals surface area contributed by atoms with Gasteiger partial charge in [0.25, 0.3) is 5.92 Å². The lowest BCUT2D eigenvalue weighted by Crippen LogP contribution is -2.13. The molecule has 2 rings (SSSR count). The lowest BCUT2D eigenvalue weighted by Gasteiger charge is -2.13. The predicted molar refractivity (Wildman–Crippen MR) is 68.9 cm³/mol. The van der Waals surface area contributed by atoms with Crippen LogP contribution < -0.4 is 0 Å². The van der Waals surface area contributed by atoms with Crippen molar-refractivity contribution >= 4 is 5.97 Å². The molecule has 0 spiro atoms. The maximum atomic E-state index is 13.9. The highest BCUT2D eigenvalue weighted by Crippen LogP contribution is 2.33. The topological polar surface area (TPSA) is 55.1 Å². The van der Waals surface area contributed by atoms with Crippen molar-refractivity contribution in [3.63, 3.8) is 0 Å². The maximum absolute atomic E-state index is 13.9. The third-order valence-electron chi connectivity index (χ3n) is 2.91. The van der Waals surface area contributed by atoms with Crippen molar-refractivity contribution in [1.29, 1.82) is 0 Å². The van der Waals surface area contributed by atoms with Gasteiger partial charge in [0, 0.05) is 19.0 Å². The second kappa shape index (κ2) is 5.81. The van der Waals surface area contributed by atoms with Crippen molar-refractivity contribution in [3.8, 4) is 5.69 Å². The van der Waals surface area contributed by atoms with Crippen LogP contribution in [0.5, 0.6) is 0 Å². The van der Waals surface area contributed by atoms with Crippen LogP contribution >= 0.6 is 0 Å². The van der Waals surface area contributed by atoms with Crippen molar-refractivity contribution in [1.82, 2.24) is 9.78 Å². The number of carboxylic acids is 1. The summed E-state index contributed by atoms with van der Waals surface area (Å²) in [5.74, 6) is -4.14. The molecule has 0 saturated heterocycles. The minimum Gasteiger partial charge on any atom is -0.481 e. The van der Waals surface area contributed by atoms with Crippen LogP contribution in [0, 0.1) is 0 Å². The number of carboxylic acid groups (broad SMARTS) is 1. The molecule has 0 radical (unpaired) electrons. The number of para-hydroxylation sites is 1. The normalized spacial score (nSPS) is 11.5. The zero-order valence-corrected chi connectivity index (χ0v) is 10.7. The fourth-order valence-electron chi connectivity index (χ4n) is 1.84. The Kier molecular flexibility index (Phi) is 4.12. The zero-order valence-electron chi connectivity index (χ0n) is 10.7. The van der Waals surface area contributed by atoms with Crippen molar-refractivity contribution in [3.05, 3.63) is 48.3 Å². The molecule has 0 bridgehead atoms. The molecule has 2 aromatic rings. The third-order valence-corrected chi connectivity index (χ3v) is 2.91. The lowest BCUT2D eigenvalue weighted by molar-refractivity contribution is -0.137. The Balaban J connectivity index is 2.09. The Morgan fingerprint density at radius 3 is 2.65 bits per heavy atom. The first-order valence-corrected chi connectivity index (χ1v) is 6.19. The molecule has 1 aromatic carbocycles. The summed E-state index contributed by atoms with van der Waals surface area (Å²) in [6, 6.07) is 8.94. The highest BCUT2D eigenvalue weighted by atomic mass is 19.3. The van der Waals surface area contributed by atoms with Gasteiger partial charge in [-0.1, -0.05) is 18.2 Å². The van der Waals surface area contributed by atoms with Gasteiger partial charge in [-0.05, 0) is 18.6 Å². The smallest absolute Gasteiger partial charge is 0.303 e. The summed E-state index contributed by atoms with van der Waals surface area (Å²) in [5.41, 5.74) is 0.492. The molecule has 0 amide bonds. The second-order valence-corrected chi connectivity index (χ2v) is 4.46. The summed E-state index contributed by atoms with van der Waals surface area (Å²) in [6.07, 6.45) is 1.56. The minimum absolute atomic E-state index is 0.0706. The molecule has 0 fully saturated rings. The van der Waals surface area contributed by atoms with Gasteiger partial charge in [0.1, 0.15) is 0 Å². The number of carbonyl (C=O) groups is 1. The third kappa shape index (κ3) is 3.40. The molecular weight excluding hydrogens is 266 g/mol. The number of aliphatic carboxylic acids is 1. The van der Waals surface area contributed by atoms with Crippen LogP contribution in [0.1, 0.15) is 24.8 Å². The summed E-state index contributed by atoms with van der Waals surface area (Å²) >= 11 is 0. The number of alkyl halides is 2. The molecule has 106 valence electrons. The molecule has 20 heavy (non-hydrogen) atoms. The van der Waals surface area contributed by atoms with Crippen molar-refractivity contribution in [2.45, 2.75) is 25.2 Å². The average molecular weight is 280 g/mol. The monoisotopic (exact) mass is 280 g/mol. The molecule has 1 aromatic heterocycles. The van der Waals surface area contributed by atoms with Crippen LogP contribution in [-0.4, -0.2) is 20.9 Å². The second-order valence-electron chi connectivity index (χ2n) is 4.46. The van der Waals surface area contributed by atoms with Gasteiger partial charge in [0.15, 0.2) is 0 Å². The molecule has 4 nitrogen and oxygen atoms in total. The van der Waals surface area contributed by atoms with Gasteiger partial charge in [-0.2, -0.15) is 5.10 Å². The highest BCUT2D eigenvalue weighted by molar-refractivity contribution is 5.66. The lowest BCUT2D eigenvalue weighted by atomic mass is 10.1. The molecular formula is C14H14F2N2O2. The van der Waals surface area contributed by atoms with Gasteiger partial charge >= 0.3 is 5.97 Å². The molecule has 0 aliphatic rings. The molecule has 6 heteroatoms. The Bertz CT molecular complexity index is 582. The van der Waals surface area contributed by atoms with E-state index in [0.29, 0.717) is 5.69 Å². The first-order valence-electron chi connectivity index (χ1n) is 6.19. The fraction of sp³-hybridized carbons (Fsp3) is 0.286. The van der Waals surface area contributed by atoms with E-state index in [0.717, 1.165) is 6.20 Å². The summed E-state index contributed by atoms with van der Waals surface area (Å²) in [6.45, 7) is 0. The van der Waals surface area contributed by atoms with Crippen molar-refractivity contribution < 1.29 is 18.7 Å². The largest absolute Gasteiger partial charge is 0.481 e. The van der Waals surface area contributed by atoms with E-state index in [-0.39, 0.29) is 18.4 Å². The number of hydrogen-bond acceptors (Lipinski definition) is 2. The van der Waals surface area contributed by atoms with Gasteiger partial charge in [-0.3, -0.25) is 4.79 Å². The Hall–Kier alpha value is -2.24. The van der Waals surface area contributed by atoms with E-state index < -0.39 is 18.3 Å². The van der Waals surface area contributed by atoms with Crippen LogP contribution in [-0.2, 0) is 10.7 Å². The quantitative estimate of drug-likeness (QED) is 0.884. The van der Waals surface area contributed by atoms with Gasteiger partial charge in [0.2, 0.25) is 0 Å². The number of aromatic nitrogens is 2. The Labute approximate surface area is 114 Å². The summed E-state index contributed by atoms with van der Waals surface area (Å²) in [7, 11) is 0. The first-order chi connectivity index (χ1) is 9.49. The fourth-order valence-corrected chi connectivity index (χ4v) is 1.84. The van der Waals surface area contributed by atoms with Gasteiger partial charge in [0.05, 0.1) is 17.4 Å².